The lowest BCUT2D eigenvalue weighted by Crippen LogP contribution is -2.35. The summed E-state index contributed by atoms with van der Waals surface area (Å²) < 4.78 is 15.3. The molecule has 1 N–H and O–H groups in total. The van der Waals surface area contributed by atoms with E-state index in [1.54, 1.807) is 36.4 Å². The highest BCUT2D eigenvalue weighted by atomic mass is 35.5. The molecule has 1 unspecified atom stereocenters. The van der Waals surface area contributed by atoms with E-state index in [-0.39, 0.29) is 12.4 Å². The molecule has 0 spiro atoms. The maximum Gasteiger partial charge on any atom is 0.369 e. The molecule has 7 nitrogen and oxygen atoms in total. The molecule has 0 aliphatic rings. The molecule has 0 fully saturated rings. The van der Waals surface area contributed by atoms with Gasteiger partial charge in [-0.05, 0) is 51.7 Å². The first-order valence-corrected chi connectivity index (χ1v) is 10.1. The largest absolute Gasteiger partial charge is 0.369 e. The predicted molar refractivity (Wildman–Crippen MR) is 111 cm³/mol. The summed E-state index contributed by atoms with van der Waals surface area (Å²) >= 11 is 7.57. The van der Waals surface area contributed by atoms with Gasteiger partial charge in [0.2, 0.25) is 5.91 Å². The minimum atomic E-state index is -0.590. The number of rotatable bonds is 6. The van der Waals surface area contributed by atoms with E-state index in [2.05, 4.69) is 15.7 Å². The lowest BCUT2D eigenvalue weighted by molar-refractivity contribution is -0.122. The summed E-state index contributed by atoms with van der Waals surface area (Å²) in [4.78, 5) is 26.2. The van der Waals surface area contributed by atoms with E-state index in [0.717, 1.165) is 19.8 Å². The molecule has 0 aliphatic carbocycles. The van der Waals surface area contributed by atoms with Crippen LogP contribution in [0.2, 0.25) is 5.02 Å². The van der Waals surface area contributed by atoms with Crippen LogP contribution in [0.5, 0.6) is 0 Å². The molecule has 30 heavy (non-hydrogen) atoms. The van der Waals surface area contributed by atoms with Crippen LogP contribution in [0, 0.1) is 5.82 Å². The Bertz CT molecular complexity index is 1220. The molecule has 0 bridgehead atoms. The lowest BCUT2D eigenvalue weighted by atomic mass is 10.1. The third-order valence-electron chi connectivity index (χ3n) is 4.35. The second kappa shape index (κ2) is 8.60. The molecule has 0 saturated heterocycles. The number of amides is 1. The molecule has 2 aromatic heterocycles. The zero-order valence-electron chi connectivity index (χ0n) is 15.4. The van der Waals surface area contributed by atoms with Gasteiger partial charge in [0.25, 0.3) is 0 Å². The number of hydrogen-bond donors (Lipinski definition) is 1. The van der Waals surface area contributed by atoms with E-state index in [0.29, 0.717) is 10.7 Å². The number of halogens is 2. The Hall–Kier alpha value is -3.30. The van der Waals surface area contributed by atoms with Crippen molar-refractivity contribution in [1.82, 2.24) is 25.1 Å². The monoisotopic (exact) mass is 443 g/mol. The van der Waals surface area contributed by atoms with Crippen LogP contribution in [-0.2, 0) is 11.3 Å². The topological polar surface area (TPSA) is 81.8 Å². The van der Waals surface area contributed by atoms with E-state index in [1.807, 2.05) is 17.5 Å². The summed E-state index contributed by atoms with van der Waals surface area (Å²) in [5.74, 6) is -0.802. The number of para-hydroxylation sites is 1. The summed E-state index contributed by atoms with van der Waals surface area (Å²) in [5, 5.41) is 12.7. The molecule has 10 heteroatoms. The molecule has 4 aromatic rings. The summed E-state index contributed by atoms with van der Waals surface area (Å²) in [6.45, 7) is -0.327. The number of aromatic nitrogens is 4. The standard InChI is InChI=1S/C20H15ClFN5O2S/c21-15-4-1-2-5-16(15)27-20(29)26(24-25-27)12-18(28)23-19(17-6-3-11-30-17)13-7-9-14(22)10-8-13/h1-11,19H,12H2,(H,23,28). The number of tetrazole rings is 1. The number of carbonyl (C=O) groups excluding carboxylic acids is 1. The zero-order valence-corrected chi connectivity index (χ0v) is 17.0. The second-order valence-corrected chi connectivity index (χ2v) is 7.74. The molecule has 0 aliphatic heterocycles. The van der Waals surface area contributed by atoms with E-state index in [9.17, 15) is 14.0 Å². The number of carbonyl (C=O) groups is 1. The summed E-state index contributed by atoms with van der Waals surface area (Å²) in [6.07, 6.45) is 0. The third kappa shape index (κ3) is 4.17. The van der Waals surface area contributed by atoms with Crippen LogP contribution in [0.1, 0.15) is 16.5 Å². The van der Waals surface area contributed by atoms with Crippen LogP contribution in [0.3, 0.4) is 0 Å². The van der Waals surface area contributed by atoms with E-state index in [4.69, 9.17) is 11.6 Å². The first-order valence-electron chi connectivity index (χ1n) is 8.89. The number of nitrogens with zero attached hydrogens (tertiary/aromatic N) is 4. The van der Waals surface area contributed by atoms with Crippen molar-refractivity contribution in [2.45, 2.75) is 12.6 Å². The molecule has 2 heterocycles. The molecule has 1 amide bonds. The Labute approximate surface area is 179 Å². The van der Waals surface area contributed by atoms with Crippen molar-refractivity contribution in [2.24, 2.45) is 0 Å². The molecule has 2 aromatic carbocycles. The van der Waals surface area contributed by atoms with Crippen LogP contribution >= 0.6 is 22.9 Å². The number of benzene rings is 2. The van der Waals surface area contributed by atoms with Gasteiger partial charge in [0.15, 0.2) is 0 Å². The molecule has 152 valence electrons. The first-order chi connectivity index (χ1) is 14.5. The van der Waals surface area contributed by atoms with Crippen molar-refractivity contribution in [1.29, 1.82) is 0 Å². The van der Waals surface area contributed by atoms with Crippen LogP contribution in [0.15, 0.2) is 70.8 Å². The fourth-order valence-corrected chi connectivity index (χ4v) is 3.94. The van der Waals surface area contributed by atoms with Gasteiger partial charge in [0, 0.05) is 4.88 Å². The highest BCUT2D eigenvalue weighted by Gasteiger charge is 2.20. The maximum absolute atomic E-state index is 13.3. The van der Waals surface area contributed by atoms with Crippen LogP contribution in [-0.4, -0.2) is 25.7 Å². The number of nitrogens with one attached hydrogen (secondary N) is 1. The Balaban J connectivity index is 1.56. The van der Waals surface area contributed by atoms with Crippen molar-refractivity contribution >= 4 is 28.8 Å². The highest BCUT2D eigenvalue weighted by Crippen LogP contribution is 2.26. The van der Waals surface area contributed by atoms with Gasteiger partial charge >= 0.3 is 5.69 Å². The van der Waals surface area contributed by atoms with Gasteiger partial charge in [-0.3, -0.25) is 4.79 Å². The summed E-state index contributed by atoms with van der Waals surface area (Å²) in [7, 11) is 0. The Morgan fingerprint density at radius 3 is 2.57 bits per heavy atom. The molecule has 4 rings (SSSR count). The maximum atomic E-state index is 13.3. The van der Waals surface area contributed by atoms with Gasteiger partial charge in [-0.15, -0.1) is 11.3 Å². The average molecular weight is 444 g/mol. The minimum Gasteiger partial charge on any atom is -0.343 e. The first kappa shape index (κ1) is 20.0. The van der Waals surface area contributed by atoms with Gasteiger partial charge < -0.3 is 5.32 Å². The lowest BCUT2D eigenvalue weighted by Gasteiger charge is -2.18. The minimum absolute atomic E-state index is 0.327. The molecule has 0 saturated carbocycles. The highest BCUT2D eigenvalue weighted by molar-refractivity contribution is 7.10. The van der Waals surface area contributed by atoms with Crippen molar-refractivity contribution < 1.29 is 9.18 Å². The SMILES string of the molecule is O=C(Cn1nnn(-c2ccccc2Cl)c1=O)NC(c1ccc(F)cc1)c1cccs1. The summed E-state index contributed by atoms with van der Waals surface area (Å²) in [6, 6.07) is 15.9. The summed E-state index contributed by atoms with van der Waals surface area (Å²) in [5.41, 5.74) is 0.505. The fraction of sp³-hybridized carbons (Fsp3) is 0.100. The smallest absolute Gasteiger partial charge is 0.343 e. The quantitative estimate of drug-likeness (QED) is 0.496. The molecule has 1 atom stereocenters. The van der Waals surface area contributed by atoms with Crippen molar-refractivity contribution in [3.63, 3.8) is 0 Å². The molecular formula is C20H15ClFN5O2S. The third-order valence-corrected chi connectivity index (χ3v) is 5.61. The van der Waals surface area contributed by atoms with Gasteiger partial charge in [-0.2, -0.15) is 9.36 Å². The zero-order chi connectivity index (χ0) is 21.1. The Morgan fingerprint density at radius 2 is 1.87 bits per heavy atom. The predicted octanol–water partition coefficient (Wildman–Crippen LogP) is 3.19. The van der Waals surface area contributed by atoms with Gasteiger partial charge in [-0.25, -0.2) is 9.18 Å². The number of thiophene rings is 1. The molecular weight excluding hydrogens is 429 g/mol. The van der Waals surface area contributed by atoms with Crippen molar-refractivity contribution in [2.75, 3.05) is 0 Å². The van der Waals surface area contributed by atoms with E-state index in [1.165, 1.54) is 23.5 Å². The normalized spacial score (nSPS) is 11.9. The van der Waals surface area contributed by atoms with Gasteiger partial charge in [0.05, 0.1) is 16.8 Å². The van der Waals surface area contributed by atoms with Crippen molar-refractivity contribution in [3.05, 3.63) is 97.8 Å². The average Bonchev–Trinajstić information content (AvgIpc) is 3.39. The number of hydrogen-bond acceptors (Lipinski definition) is 5. The van der Waals surface area contributed by atoms with Crippen molar-refractivity contribution in [3.8, 4) is 5.69 Å². The van der Waals surface area contributed by atoms with Crippen LogP contribution in [0.4, 0.5) is 4.39 Å². The van der Waals surface area contributed by atoms with Gasteiger partial charge in [-0.1, -0.05) is 41.9 Å². The molecule has 0 radical (unpaired) electrons. The Kier molecular flexibility index (Phi) is 5.73. The van der Waals surface area contributed by atoms with Crippen LogP contribution < -0.4 is 11.0 Å². The van der Waals surface area contributed by atoms with Crippen LogP contribution in [0.25, 0.3) is 5.69 Å². The fourth-order valence-electron chi connectivity index (χ4n) is 2.92. The second-order valence-electron chi connectivity index (χ2n) is 6.35. The van der Waals surface area contributed by atoms with Gasteiger partial charge in [0.1, 0.15) is 12.4 Å². The van der Waals surface area contributed by atoms with E-state index >= 15 is 0 Å². The van der Waals surface area contributed by atoms with E-state index < -0.39 is 17.6 Å². The Morgan fingerprint density at radius 1 is 1.10 bits per heavy atom.